The number of likely N-dealkylation sites (tertiary alicyclic amines) is 1. The predicted octanol–water partition coefficient (Wildman–Crippen LogP) is 3.70. The van der Waals surface area contributed by atoms with Crippen molar-refractivity contribution < 1.29 is 8.42 Å². The first-order valence-electron chi connectivity index (χ1n) is 9.18. The Morgan fingerprint density at radius 1 is 1.23 bits per heavy atom. The molecule has 1 N–H and O–H groups in total. The Morgan fingerprint density at radius 2 is 2.04 bits per heavy atom. The third-order valence-electron chi connectivity index (χ3n) is 4.76. The molecule has 1 saturated heterocycles. The molecule has 3 rings (SSSR count). The summed E-state index contributed by atoms with van der Waals surface area (Å²) in [6, 6.07) is 10.6. The maximum absolute atomic E-state index is 12.7. The topological polar surface area (TPSA) is 62.3 Å². The second-order valence-corrected chi connectivity index (χ2v) is 8.81. The number of aromatic nitrogens is 1. The number of nitrogens with zero attached hydrogens (tertiary/aromatic N) is 2. The molecule has 1 aliphatic rings. The third kappa shape index (κ3) is 4.43. The van der Waals surface area contributed by atoms with Gasteiger partial charge in [-0.2, -0.15) is 0 Å². The molecule has 0 spiro atoms. The first kappa shape index (κ1) is 18.9. The van der Waals surface area contributed by atoms with E-state index in [0.717, 1.165) is 49.4 Å². The molecule has 1 atom stereocenters. The highest BCUT2D eigenvalue weighted by Gasteiger charge is 2.25. The Bertz CT molecular complexity index is 880. The molecule has 6 heteroatoms. The molecule has 1 aromatic carbocycles. The largest absolute Gasteiger partial charge is 0.303 e. The van der Waals surface area contributed by atoms with E-state index in [4.69, 9.17) is 0 Å². The Hall–Kier alpha value is -1.92. The maximum Gasteiger partial charge on any atom is 0.261 e. The van der Waals surface area contributed by atoms with Crippen LogP contribution in [-0.2, 0) is 10.0 Å². The molecule has 140 valence electrons. The lowest BCUT2D eigenvalue weighted by atomic mass is 10.0. The van der Waals surface area contributed by atoms with Crippen LogP contribution in [0.2, 0.25) is 0 Å². The summed E-state index contributed by atoms with van der Waals surface area (Å²) in [6.45, 7) is 9.17. The molecule has 1 fully saturated rings. The van der Waals surface area contributed by atoms with Gasteiger partial charge < -0.3 is 4.90 Å². The average Bonchev–Trinajstić information content (AvgIpc) is 3.03. The van der Waals surface area contributed by atoms with Gasteiger partial charge in [0.05, 0.1) is 10.6 Å². The molecule has 1 unspecified atom stereocenters. The van der Waals surface area contributed by atoms with Crippen LogP contribution < -0.4 is 4.72 Å². The number of sulfonamides is 1. The number of nitrogens with one attached hydrogen (secondary N) is 1. The zero-order valence-corrected chi connectivity index (χ0v) is 16.5. The summed E-state index contributed by atoms with van der Waals surface area (Å²) in [5.41, 5.74) is 3.31. The predicted molar refractivity (Wildman–Crippen MR) is 105 cm³/mol. The summed E-state index contributed by atoms with van der Waals surface area (Å²) in [7, 11) is -3.60. The Labute approximate surface area is 156 Å². The van der Waals surface area contributed by atoms with Gasteiger partial charge in [0.15, 0.2) is 0 Å². The van der Waals surface area contributed by atoms with Crippen molar-refractivity contribution in [1.82, 2.24) is 9.88 Å². The van der Waals surface area contributed by atoms with Gasteiger partial charge in [0.1, 0.15) is 0 Å². The molecular weight excluding hydrogens is 346 g/mol. The normalized spacial score (nSPS) is 18.2. The lowest BCUT2D eigenvalue weighted by Crippen LogP contribution is -2.21. The highest BCUT2D eigenvalue weighted by molar-refractivity contribution is 7.92. The van der Waals surface area contributed by atoms with Gasteiger partial charge in [-0.05, 0) is 69.6 Å². The zero-order valence-electron chi connectivity index (χ0n) is 15.7. The smallest absolute Gasteiger partial charge is 0.261 e. The molecule has 26 heavy (non-hydrogen) atoms. The van der Waals surface area contributed by atoms with E-state index in [1.165, 1.54) is 0 Å². The monoisotopic (exact) mass is 373 g/mol. The van der Waals surface area contributed by atoms with Gasteiger partial charge in [0.25, 0.3) is 10.0 Å². The van der Waals surface area contributed by atoms with Gasteiger partial charge in [-0.15, -0.1) is 0 Å². The molecule has 2 aromatic rings. The van der Waals surface area contributed by atoms with Crippen LogP contribution in [0, 0.1) is 13.8 Å². The van der Waals surface area contributed by atoms with Crippen molar-refractivity contribution in [1.29, 1.82) is 0 Å². The third-order valence-corrected chi connectivity index (χ3v) is 6.13. The second-order valence-electron chi connectivity index (χ2n) is 7.13. The van der Waals surface area contributed by atoms with Gasteiger partial charge in [0, 0.05) is 23.9 Å². The summed E-state index contributed by atoms with van der Waals surface area (Å²) in [6.07, 6.45) is 2.22. The molecule has 0 amide bonds. The number of hydrogen-bond acceptors (Lipinski definition) is 4. The minimum absolute atomic E-state index is 0.281. The van der Waals surface area contributed by atoms with E-state index in [1.54, 1.807) is 24.3 Å². The summed E-state index contributed by atoms with van der Waals surface area (Å²) >= 11 is 0. The number of hydrogen-bond donors (Lipinski definition) is 1. The fourth-order valence-electron chi connectivity index (χ4n) is 3.55. The zero-order chi connectivity index (χ0) is 18.7. The molecular formula is C20H27N3O2S. The lowest BCUT2D eigenvalue weighted by molar-refractivity contribution is 0.334. The summed E-state index contributed by atoms with van der Waals surface area (Å²) in [5, 5.41) is 0. The second kappa shape index (κ2) is 7.76. The van der Waals surface area contributed by atoms with Crippen molar-refractivity contribution in [3.05, 3.63) is 53.3 Å². The summed E-state index contributed by atoms with van der Waals surface area (Å²) in [5.74, 6) is 0.365. The van der Waals surface area contributed by atoms with E-state index in [-0.39, 0.29) is 4.90 Å². The molecule has 5 nitrogen and oxygen atoms in total. The quantitative estimate of drug-likeness (QED) is 0.839. The molecule has 1 aliphatic heterocycles. The van der Waals surface area contributed by atoms with E-state index in [2.05, 4.69) is 21.5 Å². The first-order valence-corrected chi connectivity index (χ1v) is 10.7. The highest BCUT2D eigenvalue weighted by Crippen LogP contribution is 2.28. The Kier molecular flexibility index (Phi) is 5.63. The minimum Gasteiger partial charge on any atom is -0.303 e. The van der Waals surface area contributed by atoms with Crippen LogP contribution in [0.3, 0.4) is 0 Å². The molecule has 0 saturated carbocycles. The number of rotatable bonds is 6. The van der Waals surface area contributed by atoms with E-state index < -0.39 is 10.0 Å². The molecule has 0 aliphatic carbocycles. The van der Waals surface area contributed by atoms with E-state index >= 15 is 0 Å². The van der Waals surface area contributed by atoms with Crippen LogP contribution in [0.1, 0.15) is 42.6 Å². The van der Waals surface area contributed by atoms with Crippen LogP contribution in [0.5, 0.6) is 0 Å². The number of aryl methyl sites for hydroxylation is 2. The van der Waals surface area contributed by atoms with Crippen LogP contribution in [0.25, 0.3) is 0 Å². The first-order chi connectivity index (χ1) is 12.4. The Morgan fingerprint density at radius 3 is 2.77 bits per heavy atom. The van der Waals surface area contributed by atoms with Crippen molar-refractivity contribution in [2.45, 2.75) is 44.4 Å². The van der Waals surface area contributed by atoms with Crippen molar-refractivity contribution in [3.63, 3.8) is 0 Å². The van der Waals surface area contributed by atoms with Gasteiger partial charge in [0.2, 0.25) is 0 Å². The van der Waals surface area contributed by atoms with Crippen LogP contribution in [0.15, 0.2) is 41.3 Å². The van der Waals surface area contributed by atoms with Gasteiger partial charge in [-0.25, -0.2) is 8.42 Å². The number of anilines is 1. The van der Waals surface area contributed by atoms with Crippen LogP contribution in [-0.4, -0.2) is 37.9 Å². The summed E-state index contributed by atoms with van der Waals surface area (Å²) < 4.78 is 28.1. The van der Waals surface area contributed by atoms with Crippen molar-refractivity contribution in [2.24, 2.45) is 0 Å². The van der Waals surface area contributed by atoms with Crippen LogP contribution >= 0.6 is 0 Å². The van der Waals surface area contributed by atoms with E-state index in [0.29, 0.717) is 11.6 Å². The van der Waals surface area contributed by atoms with Gasteiger partial charge >= 0.3 is 0 Å². The van der Waals surface area contributed by atoms with Gasteiger partial charge in [-0.3, -0.25) is 9.71 Å². The van der Waals surface area contributed by atoms with E-state index in [9.17, 15) is 8.42 Å². The van der Waals surface area contributed by atoms with Gasteiger partial charge in [-0.1, -0.05) is 19.1 Å². The average molecular weight is 374 g/mol. The standard InChI is InChI=1S/C20H27N3O2S/c1-4-9-23-10-8-17(14-23)20-13-18(12-16(3)21-20)22-26(24,25)19-7-5-6-15(2)11-19/h5-7,11-13,17H,4,8-10,14H2,1-3H3,(H,21,22). The highest BCUT2D eigenvalue weighted by atomic mass is 32.2. The molecule has 0 radical (unpaired) electrons. The lowest BCUT2D eigenvalue weighted by Gasteiger charge is -2.16. The maximum atomic E-state index is 12.7. The molecule has 0 bridgehead atoms. The summed E-state index contributed by atoms with van der Waals surface area (Å²) in [4.78, 5) is 7.40. The van der Waals surface area contributed by atoms with Crippen molar-refractivity contribution in [2.75, 3.05) is 24.4 Å². The molecule has 2 heterocycles. The fourth-order valence-corrected chi connectivity index (χ4v) is 4.70. The van der Waals surface area contributed by atoms with Crippen molar-refractivity contribution in [3.8, 4) is 0 Å². The number of pyridine rings is 1. The van der Waals surface area contributed by atoms with Crippen molar-refractivity contribution >= 4 is 15.7 Å². The fraction of sp³-hybridized carbons (Fsp3) is 0.450. The Balaban J connectivity index is 1.82. The van der Waals surface area contributed by atoms with Crippen LogP contribution in [0.4, 0.5) is 5.69 Å². The molecule has 1 aromatic heterocycles. The SMILES string of the molecule is CCCN1CCC(c2cc(NS(=O)(=O)c3cccc(C)c3)cc(C)n2)C1. The number of benzene rings is 1. The minimum atomic E-state index is -3.60. The van der Waals surface area contributed by atoms with E-state index in [1.807, 2.05) is 26.0 Å².